The molecule has 0 fully saturated rings. The Hall–Kier alpha value is -1.24. The molecule has 68 valence electrons. The van der Waals surface area contributed by atoms with Gasteiger partial charge in [-0.15, -0.1) is 0 Å². The van der Waals surface area contributed by atoms with E-state index >= 15 is 0 Å². The van der Waals surface area contributed by atoms with Crippen molar-refractivity contribution in [1.29, 1.82) is 0 Å². The van der Waals surface area contributed by atoms with Gasteiger partial charge in [-0.25, -0.2) is 0 Å². The summed E-state index contributed by atoms with van der Waals surface area (Å²) in [6, 6.07) is 6.40. The van der Waals surface area contributed by atoms with Gasteiger partial charge < -0.3 is 4.98 Å². The molecule has 0 radical (unpaired) electrons. The van der Waals surface area contributed by atoms with Gasteiger partial charge in [-0.05, 0) is 30.0 Å². The van der Waals surface area contributed by atoms with E-state index in [4.69, 9.17) is 0 Å². The maximum atomic E-state index is 3.31. The number of fused-ring (bicyclic) bond motifs is 1. The lowest BCUT2D eigenvalue weighted by Crippen LogP contribution is -1.85. The van der Waals surface area contributed by atoms with Crippen LogP contribution in [-0.4, -0.2) is 4.98 Å². The van der Waals surface area contributed by atoms with Gasteiger partial charge in [-0.2, -0.15) is 0 Å². The number of H-pyrrole nitrogens is 1. The highest BCUT2D eigenvalue weighted by Gasteiger charge is 2.08. The molecule has 0 aliphatic rings. The zero-order valence-corrected chi connectivity index (χ0v) is 8.39. The van der Waals surface area contributed by atoms with Crippen molar-refractivity contribution < 1.29 is 0 Å². The third-order valence-electron chi connectivity index (χ3n) is 2.57. The summed E-state index contributed by atoms with van der Waals surface area (Å²) in [5.74, 6) is 0.592. The molecule has 1 heterocycles. The number of aryl methyl sites for hydroxylation is 1. The summed E-state index contributed by atoms with van der Waals surface area (Å²) in [7, 11) is 0. The van der Waals surface area contributed by atoms with E-state index in [-0.39, 0.29) is 0 Å². The Balaban J connectivity index is 2.79. The second-order valence-corrected chi connectivity index (χ2v) is 3.90. The monoisotopic (exact) mass is 173 g/mol. The van der Waals surface area contributed by atoms with E-state index in [0.717, 1.165) is 0 Å². The quantitative estimate of drug-likeness (QED) is 0.678. The maximum absolute atomic E-state index is 3.31. The van der Waals surface area contributed by atoms with Crippen molar-refractivity contribution in [3.63, 3.8) is 0 Å². The van der Waals surface area contributed by atoms with Gasteiger partial charge in [0.05, 0.1) is 0 Å². The second-order valence-electron chi connectivity index (χ2n) is 3.90. The van der Waals surface area contributed by atoms with E-state index < -0.39 is 0 Å². The number of aromatic amines is 1. The van der Waals surface area contributed by atoms with Crippen LogP contribution < -0.4 is 0 Å². The molecular formula is C12H15N. The lowest BCUT2D eigenvalue weighted by atomic mass is 9.99. The molecule has 0 saturated carbocycles. The van der Waals surface area contributed by atoms with Crippen LogP contribution in [0.25, 0.3) is 10.9 Å². The molecule has 0 unspecified atom stereocenters. The predicted octanol–water partition coefficient (Wildman–Crippen LogP) is 3.60. The summed E-state index contributed by atoms with van der Waals surface area (Å²) in [6.07, 6.45) is 2.13. The lowest BCUT2D eigenvalue weighted by Gasteiger charge is -2.04. The van der Waals surface area contributed by atoms with Gasteiger partial charge in [0.15, 0.2) is 0 Å². The SMILES string of the molecule is Cc1cccc2[nH]cc(C(C)C)c12. The average molecular weight is 173 g/mol. The van der Waals surface area contributed by atoms with Crippen molar-refractivity contribution in [1.82, 2.24) is 4.98 Å². The third-order valence-corrected chi connectivity index (χ3v) is 2.57. The first-order valence-corrected chi connectivity index (χ1v) is 4.76. The lowest BCUT2D eigenvalue weighted by molar-refractivity contribution is 0.875. The van der Waals surface area contributed by atoms with Gasteiger partial charge in [0.2, 0.25) is 0 Å². The molecule has 0 atom stereocenters. The number of benzene rings is 1. The van der Waals surface area contributed by atoms with Crippen molar-refractivity contribution in [2.24, 2.45) is 0 Å². The van der Waals surface area contributed by atoms with Crippen LogP contribution in [0.4, 0.5) is 0 Å². The minimum atomic E-state index is 0.592. The fourth-order valence-corrected chi connectivity index (χ4v) is 1.85. The van der Waals surface area contributed by atoms with Crippen LogP contribution in [-0.2, 0) is 0 Å². The highest BCUT2D eigenvalue weighted by atomic mass is 14.7. The number of aromatic nitrogens is 1. The van der Waals surface area contributed by atoms with Crippen LogP contribution in [0.2, 0.25) is 0 Å². The highest BCUT2D eigenvalue weighted by molar-refractivity contribution is 5.86. The molecule has 0 amide bonds. The molecule has 1 aromatic heterocycles. The summed E-state index contributed by atoms with van der Waals surface area (Å²) in [6.45, 7) is 6.63. The number of hydrogen-bond donors (Lipinski definition) is 1. The van der Waals surface area contributed by atoms with E-state index in [1.165, 1.54) is 22.0 Å². The summed E-state index contributed by atoms with van der Waals surface area (Å²) in [5.41, 5.74) is 4.04. The van der Waals surface area contributed by atoms with Crippen molar-refractivity contribution in [3.05, 3.63) is 35.5 Å². The smallest absolute Gasteiger partial charge is 0.0459 e. The minimum Gasteiger partial charge on any atom is -0.361 e. The summed E-state index contributed by atoms with van der Waals surface area (Å²) in [4.78, 5) is 3.31. The molecule has 0 aliphatic carbocycles. The number of rotatable bonds is 1. The van der Waals surface area contributed by atoms with E-state index in [1.54, 1.807) is 0 Å². The van der Waals surface area contributed by atoms with Crippen LogP contribution in [0.15, 0.2) is 24.4 Å². The molecule has 0 bridgehead atoms. The average Bonchev–Trinajstić information content (AvgIpc) is 2.49. The van der Waals surface area contributed by atoms with E-state index in [2.05, 4.69) is 50.2 Å². The first kappa shape index (κ1) is 8.36. The molecule has 13 heavy (non-hydrogen) atoms. The van der Waals surface area contributed by atoms with Gasteiger partial charge in [0.25, 0.3) is 0 Å². The Labute approximate surface area is 78.8 Å². The largest absolute Gasteiger partial charge is 0.361 e. The van der Waals surface area contributed by atoms with E-state index in [1.807, 2.05) is 0 Å². The third kappa shape index (κ3) is 1.24. The number of nitrogens with one attached hydrogen (secondary N) is 1. The van der Waals surface area contributed by atoms with Crippen LogP contribution in [0.5, 0.6) is 0 Å². The normalized spacial score (nSPS) is 11.4. The fraction of sp³-hybridized carbons (Fsp3) is 0.333. The summed E-state index contributed by atoms with van der Waals surface area (Å²) >= 11 is 0. The van der Waals surface area contributed by atoms with Crippen LogP contribution >= 0.6 is 0 Å². The molecule has 1 nitrogen and oxygen atoms in total. The number of hydrogen-bond acceptors (Lipinski definition) is 0. The standard InChI is InChI=1S/C12H15N/c1-8(2)10-7-13-11-6-4-5-9(3)12(10)11/h4-8,13H,1-3H3. The van der Waals surface area contributed by atoms with Gasteiger partial charge in [0.1, 0.15) is 0 Å². The highest BCUT2D eigenvalue weighted by Crippen LogP contribution is 2.27. The minimum absolute atomic E-state index is 0.592. The molecule has 1 N–H and O–H groups in total. The molecule has 2 aromatic rings. The van der Waals surface area contributed by atoms with Crippen LogP contribution in [0.3, 0.4) is 0 Å². The summed E-state index contributed by atoms with van der Waals surface area (Å²) in [5, 5.41) is 1.40. The molecule has 0 saturated heterocycles. The maximum Gasteiger partial charge on any atom is 0.0459 e. The van der Waals surface area contributed by atoms with Crippen molar-refractivity contribution in [2.75, 3.05) is 0 Å². The zero-order chi connectivity index (χ0) is 9.42. The molecule has 1 heteroatoms. The Morgan fingerprint density at radius 1 is 1.23 bits per heavy atom. The Morgan fingerprint density at radius 3 is 2.69 bits per heavy atom. The van der Waals surface area contributed by atoms with Gasteiger partial charge in [-0.3, -0.25) is 0 Å². The predicted molar refractivity (Wildman–Crippen MR) is 57.1 cm³/mol. The Bertz CT molecular complexity index is 424. The Morgan fingerprint density at radius 2 is 2.00 bits per heavy atom. The van der Waals surface area contributed by atoms with Crippen molar-refractivity contribution in [3.8, 4) is 0 Å². The van der Waals surface area contributed by atoms with E-state index in [9.17, 15) is 0 Å². The van der Waals surface area contributed by atoms with Crippen molar-refractivity contribution in [2.45, 2.75) is 26.7 Å². The molecule has 1 aromatic carbocycles. The topological polar surface area (TPSA) is 15.8 Å². The molecular weight excluding hydrogens is 158 g/mol. The van der Waals surface area contributed by atoms with Crippen LogP contribution in [0, 0.1) is 6.92 Å². The molecule has 2 rings (SSSR count). The Kier molecular flexibility index (Phi) is 1.87. The first-order valence-electron chi connectivity index (χ1n) is 4.76. The van der Waals surface area contributed by atoms with Crippen LogP contribution in [0.1, 0.15) is 30.9 Å². The van der Waals surface area contributed by atoms with Gasteiger partial charge in [0, 0.05) is 17.1 Å². The van der Waals surface area contributed by atoms with E-state index in [0.29, 0.717) is 5.92 Å². The van der Waals surface area contributed by atoms with Gasteiger partial charge >= 0.3 is 0 Å². The molecule has 0 aliphatic heterocycles. The first-order chi connectivity index (χ1) is 6.20. The zero-order valence-electron chi connectivity index (χ0n) is 8.39. The van der Waals surface area contributed by atoms with Gasteiger partial charge in [-0.1, -0.05) is 26.0 Å². The summed E-state index contributed by atoms with van der Waals surface area (Å²) < 4.78 is 0. The second kappa shape index (κ2) is 2.91. The fourth-order valence-electron chi connectivity index (χ4n) is 1.85. The van der Waals surface area contributed by atoms with Crippen molar-refractivity contribution >= 4 is 10.9 Å². The molecule has 0 spiro atoms.